The molecule has 0 saturated carbocycles. The molecule has 1 aromatic carbocycles. The maximum Gasteiger partial charge on any atom is 0.294 e. The van der Waals surface area contributed by atoms with E-state index in [9.17, 15) is 18.1 Å². The summed E-state index contributed by atoms with van der Waals surface area (Å²) < 4.78 is 38.0. The minimum Gasteiger partial charge on any atom is -0.396 e. The van der Waals surface area contributed by atoms with Crippen molar-refractivity contribution in [2.45, 2.75) is 36.5 Å². The van der Waals surface area contributed by atoms with Gasteiger partial charge in [-0.15, -0.1) is 0 Å². The Hall–Kier alpha value is -0.950. The van der Waals surface area contributed by atoms with Crippen LogP contribution in [0.15, 0.2) is 23.1 Å². The van der Waals surface area contributed by atoms with Crippen LogP contribution in [-0.2, 0) is 20.3 Å². The maximum absolute atomic E-state index is 11.6. The van der Waals surface area contributed by atoms with Gasteiger partial charge in [0, 0.05) is 25.2 Å². The van der Waals surface area contributed by atoms with E-state index in [4.69, 9.17) is 4.74 Å². The van der Waals surface area contributed by atoms with Crippen LogP contribution in [0.5, 0.6) is 0 Å². The normalized spacial score (nSPS) is 18.9. The van der Waals surface area contributed by atoms with E-state index >= 15 is 0 Å². The van der Waals surface area contributed by atoms with E-state index in [1.165, 1.54) is 6.07 Å². The molecule has 0 spiro atoms. The highest BCUT2D eigenvalue weighted by atomic mass is 32.2. The van der Waals surface area contributed by atoms with Gasteiger partial charge in [0.25, 0.3) is 10.1 Å². The van der Waals surface area contributed by atoms with Crippen molar-refractivity contribution in [2.24, 2.45) is 0 Å². The Balaban J connectivity index is 2.60. The first-order chi connectivity index (χ1) is 9.39. The van der Waals surface area contributed by atoms with Crippen LogP contribution in [0.4, 0.5) is 0 Å². The second-order valence-electron chi connectivity index (χ2n) is 5.34. The quantitative estimate of drug-likeness (QED) is 0.826. The number of aliphatic hydroxyl groups excluding tert-OH is 1. The summed E-state index contributed by atoms with van der Waals surface area (Å²) in [6.45, 7) is 2.90. The van der Waals surface area contributed by atoms with E-state index < -0.39 is 15.5 Å². The van der Waals surface area contributed by atoms with Crippen LogP contribution in [0.3, 0.4) is 0 Å². The average molecular weight is 300 g/mol. The second kappa shape index (κ2) is 5.81. The highest BCUT2D eigenvalue weighted by Gasteiger charge is 2.37. The monoisotopic (exact) mass is 300 g/mol. The van der Waals surface area contributed by atoms with Crippen molar-refractivity contribution in [3.63, 3.8) is 0 Å². The van der Waals surface area contributed by atoms with Gasteiger partial charge in [-0.1, -0.05) is 17.7 Å². The number of rotatable bonds is 4. The first-order valence-corrected chi connectivity index (χ1v) is 8.10. The molecule has 20 heavy (non-hydrogen) atoms. The van der Waals surface area contributed by atoms with Crippen molar-refractivity contribution in [3.8, 4) is 0 Å². The van der Waals surface area contributed by atoms with Crippen LogP contribution in [0.1, 0.15) is 30.4 Å². The van der Waals surface area contributed by atoms with Gasteiger partial charge in [-0.05, 0) is 37.8 Å². The molecule has 0 bridgehead atoms. The van der Waals surface area contributed by atoms with Crippen LogP contribution in [0.2, 0.25) is 0 Å². The van der Waals surface area contributed by atoms with Crippen molar-refractivity contribution in [2.75, 3.05) is 19.8 Å². The van der Waals surface area contributed by atoms with E-state index in [-0.39, 0.29) is 11.5 Å². The van der Waals surface area contributed by atoms with Gasteiger partial charge in [0.15, 0.2) is 0 Å². The number of aliphatic hydroxyl groups is 1. The molecule has 2 rings (SSSR count). The standard InChI is InChI=1S/C14H20O5S/c1-11-2-3-13(20(16,17)18)12(10-11)14(4-7-15)5-8-19-9-6-14/h2-3,10,15H,4-9H2,1H3,(H,16,17,18). The molecule has 1 aliphatic rings. The molecule has 0 amide bonds. The summed E-state index contributed by atoms with van der Waals surface area (Å²) in [5.41, 5.74) is 1.07. The van der Waals surface area contributed by atoms with Gasteiger partial charge in [0.1, 0.15) is 0 Å². The molecule has 1 saturated heterocycles. The van der Waals surface area contributed by atoms with Gasteiger partial charge >= 0.3 is 0 Å². The summed E-state index contributed by atoms with van der Waals surface area (Å²) in [7, 11) is -4.28. The number of benzene rings is 1. The van der Waals surface area contributed by atoms with Gasteiger partial charge in [0.05, 0.1) is 4.90 Å². The smallest absolute Gasteiger partial charge is 0.294 e. The van der Waals surface area contributed by atoms with Crippen LogP contribution in [-0.4, -0.2) is 37.9 Å². The Morgan fingerprint density at radius 1 is 1.30 bits per heavy atom. The lowest BCUT2D eigenvalue weighted by molar-refractivity contribution is 0.0389. The maximum atomic E-state index is 11.6. The van der Waals surface area contributed by atoms with Crippen molar-refractivity contribution in [3.05, 3.63) is 29.3 Å². The third-order valence-electron chi connectivity index (χ3n) is 4.02. The molecule has 112 valence electrons. The SMILES string of the molecule is Cc1ccc(S(=O)(=O)O)c(C2(CCO)CCOCC2)c1. The largest absolute Gasteiger partial charge is 0.396 e. The van der Waals surface area contributed by atoms with Crippen molar-refractivity contribution < 1.29 is 22.8 Å². The summed E-state index contributed by atoms with van der Waals surface area (Å²) in [4.78, 5) is -0.0570. The van der Waals surface area contributed by atoms with Gasteiger partial charge < -0.3 is 9.84 Å². The Labute approximate surface area is 119 Å². The van der Waals surface area contributed by atoms with Gasteiger partial charge in [-0.2, -0.15) is 8.42 Å². The van der Waals surface area contributed by atoms with Crippen molar-refractivity contribution >= 4 is 10.1 Å². The summed E-state index contributed by atoms with van der Waals surface area (Å²) in [6, 6.07) is 4.90. The molecular weight excluding hydrogens is 280 g/mol. The topological polar surface area (TPSA) is 83.8 Å². The Morgan fingerprint density at radius 2 is 1.95 bits per heavy atom. The number of hydrogen-bond acceptors (Lipinski definition) is 4. The zero-order chi connectivity index (χ0) is 14.8. The Kier molecular flexibility index (Phi) is 4.49. The van der Waals surface area contributed by atoms with Crippen LogP contribution in [0.25, 0.3) is 0 Å². The molecule has 1 fully saturated rings. The molecule has 0 radical (unpaired) electrons. The fraction of sp³-hybridized carbons (Fsp3) is 0.571. The summed E-state index contributed by atoms with van der Waals surface area (Å²) in [6.07, 6.45) is 1.74. The summed E-state index contributed by atoms with van der Waals surface area (Å²) in [5, 5.41) is 9.36. The van der Waals surface area contributed by atoms with E-state index in [0.717, 1.165) is 5.56 Å². The number of ether oxygens (including phenoxy) is 1. The molecule has 5 nitrogen and oxygen atoms in total. The van der Waals surface area contributed by atoms with Gasteiger partial charge in [0.2, 0.25) is 0 Å². The van der Waals surface area contributed by atoms with E-state index in [2.05, 4.69) is 0 Å². The highest BCUT2D eigenvalue weighted by molar-refractivity contribution is 7.85. The Bertz CT molecular complexity index is 568. The molecule has 0 atom stereocenters. The first kappa shape index (κ1) is 15.4. The van der Waals surface area contributed by atoms with Crippen molar-refractivity contribution in [1.82, 2.24) is 0 Å². The minimum absolute atomic E-state index is 0.0289. The zero-order valence-corrected chi connectivity index (χ0v) is 12.3. The molecule has 0 aromatic heterocycles. The number of aryl methyl sites for hydroxylation is 1. The summed E-state index contributed by atoms with van der Waals surface area (Å²) >= 11 is 0. The van der Waals surface area contributed by atoms with E-state index in [0.29, 0.717) is 38.0 Å². The first-order valence-electron chi connectivity index (χ1n) is 6.66. The summed E-state index contributed by atoms with van der Waals surface area (Å²) in [5.74, 6) is 0. The lowest BCUT2D eigenvalue weighted by Crippen LogP contribution is -2.36. The second-order valence-corrected chi connectivity index (χ2v) is 6.73. The molecule has 1 aromatic rings. The molecule has 1 heterocycles. The van der Waals surface area contributed by atoms with Gasteiger partial charge in [-0.25, -0.2) is 0 Å². The van der Waals surface area contributed by atoms with Crippen LogP contribution in [0, 0.1) is 6.92 Å². The fourth-order valence-electron chi connectivity index (χ4n) is 2.91. The molecule has 0 unspecified atom stereocenters. The highest BCUT2D eigenvalue weighted by Crippen LogP contribution is 2.41. The number of hydrogen-bond donors (Lipinski definition) is 2. The zero-order valence-electron chi connectivity index (χ0n) is 11.5. The molecule has 2 N–H and O–H groups in total. The fourth-order valence-corrected chi connectivity index (χ4v) is 3.71. The molecular formula is C14H20O5S. The lowest BCUT2D eigenvalue weighted by atomic mass is 9.71. The Morgan fingerprint density at radius 3 is 2.50 bits per heavy atom. The predicted octanol–water partition coefficient (Wildman–Crippen LogP) is 1.67. The minimum atomic E-state index is -4.28. The molecule has 0 aliphatic carbocycles. The predicted molar refractivity (Wildman–Crippen MR) is 74.4 cm³/mol. The van der Waals surface area contributed by atoms with E-state index in [1.807, 2.05) is 6.92 Å². The van der Waals surface area contributed by atoms with Crippen LogP contribution >= 0.6 is 0 Å². The third-order valence-corrected chi connectivity index (χ3v) is 4.94. The van der Waals surface area contributed by atoms with Crippen LogP contribution < -0.4 is 0 Å². The molecule has 6 heteroatoms. The molecule has 1 aliphatic heterocycles. The average Bonchev–Trinajstić information content (AvgIpc) is 2.38. The van der Waals surface area contributed by atoms with Gasteiger partial charge in [-0.3, -0.25) is 4.55 Å². The van der Waals surface area contributed by atoms with Crippen molar-refractivity contribution in [1.29, 1.82) is 0 Å². The lowest BCUT2D eigenvalue weighted by Gasteiger charge is -2.38. The third kappa shape index (κ3) is 3.03. The van der Waals surface area contributed by atoms with E-state index in [1.54, 1.807) is 12.1 Å².